The Bertz CT molecular complexity index is 263. The van der Waals surface area contributed by atoms with Crippen molar-refractivity contribution in [3.63, 3.8) is 0 Å². The Kier molecular flexibility index (Phi) is 3.52. The van der Waals surface area contributed by atoms with Crippen molar-refractivity contribution in [3.05, 3.63) is 17.5 Å². The number of aryl methyl sites for hydroxylation is 2. The molecule has 2 nitrogen and oxygen atoms in total. The Morgan fingerprint density at radius 2 is 2.23 bits per heavy atom. The third kappa shape index (κ3) is 1.93. The van der Waals surface area contributed by atoms with Crippen LogP contribution in [0.2, 0.25) is 0 Å². The van der Waals surface area contributed by atoms with E-state index >= 15 is 0 Å². The zero-order valence-electron chi connectivity index (χ0n) is 9.17. The Morgan fingerprint density at radius 3 is 2.85 bits per heavy atom. The molecule has 2 heterocycles. The summed E-state index contributed by atoms with van der Waals surface area (Å²) >= 11 is 0. The Labute approximate surface area is 81.0 Å². The Hall–Kier alpha value is -0.790. The SMILES string of the molecule is CC.CCC1CCn2nc(C)cc21. The van der Waals surface area contributed by atoms with Crippen molar-refractivity contribution < 1.29 is 0 Å². The third-order valence-corrected chi connectivity index (χ3v) is 2.53. The molecule has 1 aliphatic heterocycles. The second-order valence-corrected chi connectivity index (χ2v) is 3.33. The smallest absolute Gasteiger partial charge is 0.0596 e. The predicted molar refractivity (Wildman–Crippen MR) is 56.0 cm³/mol. The van der Waals surface area contributed by atoms with Crippen LogP contribution in [0, 0.1) is 6.92 Å². The fourth-order valence-electron chi connectivity index (χ4n) is 1.91. The zero-order valence-corrected chi connectivity index (χ0v) is 9.17. The fourth-order valence-corrected chi connectivity index (χ4v) is 1.91. The summed E-state index contributed by atoms with van der Waals surface area (Å²) in [6.45, 7) is 9.45. The molecular weight excluding hydrogens is 160 g/mol. The lowest BCUT2D eigenvalue weighted by molar-refractivity contribution is 0.616. The highest BCUT2D eigenvalue weighted by molar-refractivity contribution is 5.16. The van der Waals surface area contributed by atoms with Gasteiger partial charge in [-0.2, -0.15) is 5.10 Å². The van der Waals surface area contributed by atoms with Crippen LogP contribution in [-0.4, -0.2) is 9.78 Å². The number of nitrogens with zero attached hydrogens (tertiary/aromatic N) is 2. The molecule has 0 radical (unpaired) electrons. The van der Waals surface area contributed by atoms with Crippen molar-refractivity contribution >= 4 is 0 Å². The van der Waals surface area contributed by atoms with Crippen LogP contribution in [0.25, 0.3) is 0 Å². The first-order valence-electron chi connectivity index (χ1n) is 5.35. The van der Waals surface area contributed by atoms with Gasteiger partial charge >= 0.3 is 0 Å². The van der Waals surface area contributed by atoms with Gasteiger partial charge in [0.1, 0.15) is 0 Å². The highest BCUT2D eigenvalue weighted by atomic mass is 15.3. The minimum Gasteiger partial charge on any atom is -0.269 e. The summed E-state index contributed by atoms with van der Waals surface area (Å²) in [7, 11) is 0. The molecule has 1 aromatic rings. The maximum Gasteiger partial charge on any atom is 0.0596 e. The van der Waals surface area contributed by atoms with Crippen LogP contribution in [0.15, 0.2) is 6.07 Å². The molecule has 0 saturated heterocycles. The number of fused-ring (bicyclic) bond motifs is 1. The molecular formula is C11H20N2. The molecule has 2 rings (SSSR count). The minimum atomic E-state index is 0.774. The number of hydrogen-bond acceptors (Lipinski definition) is 1. The van der Waals surface area contributed by atoms with E-state index in [1.54, 1.807) is 0 Å². The molecule has 0 spiro atoms. The van der Waals surface area contributed by atoms with Crippen LogP contribution in [0.3, 0.4) is 0 Å². The second-order valence-electron chi connectivity index (χ2n) is 3.33. The standard InChI is InChI=1S/C9H14N2.C2H6/c1-3-8-4-5-11-9(8)6-7(2)10-11;1-2/h6,8H,3-5H2,1-2H3;1-2H3. The lowest BCUT2D eigenvalue weighted by atomic mass is 10.0. The maximum atomic E-state index is 4.41. The van der Waals surface area contributed by atoms with Crippen molar-refractivity contribution in [2.45, 2.75) is 53.0 Å². The lowest BCUT2D eigenvalue weighted by Gasteiger charge is -2.01. The molecule has 2 heteroatoms. The summed E-state index contributed by atoms with van der Waals surface area (Å²) in [6.07, 6.45) is 2.55. The number of aromatic nitrogens is 2. The average Bonchev–Trinajstić information content (AvgIpc) is 2.66. The van der Waals surface area contributed by atoms with Crippen molar-refractivity contribution in [2.24, 2.45) is 0 Å². The predicted octanol–water partition coefficient (Wildman–Crippen LogP) is 3.12. The third-order valence-electron chi connectivity index (χ3n) is 2.53. The maximum absolute atomic E-state index is 4.41. The summed E-state index contributed by atoms with van der Waals surface area (Å²) in [4.78, 5) is 0. The molecule has 1 unspecified atom stereocenters. The van der Waals surface area contributed by atoms with E-state index in [0.29, 0.717) is 0 Å². The molecule has 0 fully saturated rings. The van der Waals surface area contributed by atoms with Gasteiger partial charge in [0.05, 0.1) is 5.69 Å². The van der Waals surface area contributed by atoms with Crippen molar-refractivity contribution in [2.75, 3.05) is 0 Å². The lowest BCUT2D eigenvalue weighted by Crippen LogP contribution is -1.94. The van der Waals surface area contributed by atoms with Crippen LogP contribution < -0.4 is 0 Å². The van der Waals surface area contributed by atoms with Crippen molar-refractivity contribution in [1.82, 2.24) is 9.78 Å². The van der Waals surface area contributed by atoms with Gasteiger partial charge < -0.3 is 0 Å². The topological polar surface area (TPSA) is 17.8 Å². The largest absolute Gasteiger partial charge is 0.269 e. The highest BCUT2D eigenvalue weighted by Gasteiger charge is 2.21. The van der Waals surface area contributed by atoms with Gasteiger partial charge in [-0.15, -0.1) is 0 Å². The highest BCUT2D eigenvalue weighted by Crippen LogP contribution is 2.30. The van der Waals surface area contributed by atoms with Crippen LogP contribution in [0.1, 0.15) is 50.9 Å². The molecule has 0 aliphatic carbocycles. The van der Waals surface area contributed by atoms with E-state index in [1.165, 1.54) is 18.5 Å². The summed E-state index contributed by atoms with van der Waals surface area (Å²) in [5.41, 5.74) is 2.61. The van der Waals surface area contributed by atoms with E-state index in [9.17, 15) is 0 Å². The molecule has 1 atom stereocenters. The fraction of sp³-hybridized carbons (Fsp3) is 0.727. The second kappa shape index (κ2) is 4.45. The molecule has 0 aromatic carbocycles. The van der Waals surface area contributed by atoms with E-state index in [2.05, 4.69) is 29.7 Å². The first kappa shape index (κ1) is 10.3. The molecule has 1 aliphatic rings. The molecule has 0 saturated carbocycles. The van der Waals surface area contributed by atoms with E-state index in [0.717, 1.165) is 18.2 Å². The van der Waals surface area contributed by atoms with Crippen molar-refractivity contribution in [1.29, 1.82) is 0 Å². The molecule has 0 amide bonds. The summed E-state index contributed by atoms with van der Waals surface area (Å²) < 4.78 is 2.16. The zero-order chi connectivity index (χ0) is 9.84. The number of rotatable bonds is 1. The normalized spacial score (nSPS) is 19.2. The van der Waals surface area contributed by atoms with E-state index in [-0.39, 0.29) is 0 Å². The summed E-state index contributed by atoms with van der Waals surface area (Å²) in [6, 6.07) is 2.22. The van der Waals surface area contributed by atoms with Gasteiger partial charge in [-0.3, -0.25) is 4.68 Å². The van der Waals surface area contributed by atoms with Crippen LogP contribution >= 0.6 is 0 Å². The quantitative estimate of drug-likeness (QED) is 0.649. The van der Waals surface area contributed by atoms with Crippen LogP contribution in [0.5, 0.6) is 0 Å². The van der Waals surface area contributed by atoms with E-state index < -0.39 is 0 Å². The average molecular weight is 180 g/mol. The van der Waals surface area contributed by atoms with E-state index in [1.807, 2.05) is 13.8 Å². The first-order chi connectivity index (χ1) is 6.31. The van der Waals surface area contributed by atoms with Gasteiger partial charge in [0.2, 0.25) is 0 Å². The summed E-state index contributed by atoms with van der Waals surface area (Å²) in [5.74, 6) is 0.774. The molecule has 13 heavy (non-hydrogen) atoms. The summed E-state index contributed by atoms with van der Waals surface area (Å²) in [5, 5.41) is 4.41. The van der Waals surface area contributed by atoms with E-state index in [4.69, 9.17) is 0 Å². The Morgan fingerprint density at radius 1 is 1.54 bits per heavy atom. The Balaban J connectivity index is 0.000000396. The van der Waals surface area contributed by atoms with Crippen LogP contribution in [0.4, 0.5) is 0 Å². The molecule has 1 aromatic heterocycles. The van der Waals surface area contributed by atoms with Gasteiger partial charge in [-0.05, 0) is 25.8 Å². The first-order valence-corrected chi connectivity index (χ1v) is 5.35. The van der Waals surface area contributed by atoms with Gasteiger partial charge in [-0.25, -0.2) is 0 Å². The van der Waals surface area contributed by atoms with Crippen LogP contribution in [-0.2, 0) is 6.54 Å². The van der Waals surface area contributed by atoms with Crippen molar-refractivity contribution in [3.8, 4) is 0 Å². The molecule has 0 bridgehead atoms. The minimum absolute atomic E-state index is 0.774. The molecule has 0 N–H and O–H groups in total. The van der Waals surface area contributed by atoms with Gasteiger partial charge in [0.15, 0.2) is 0 Å². The van der Waals surface area contributed by atoms with Gasteiger partial charge in [0.25, 0.3) is 0 Å². The monoisotopic (exact) mass is 180 g/mol. The van der Waals surface area contributed by atoms with Gasteiger partial charge in [-0.1, -0.05) is 20.8 Å². The molecule has 74 valence electrons. The number of hydrogen-bond donors (Lipinski definition) is 0. The van der Waals surface area contributed by atoms with Gasteiger partial charge in [0, 0.05) is 18.2 Å².